The Morgan fingerprint density at radius 2 is 2.45 bits per heavy atom. The molecule has 0 amide bonds. The molecule has 66 valence electrons. The third-order valence-corrected chi connectivity index (χ3v) is 2.19. The maximum Gasteiger partial charge on any atom is 0.0620 e. The second kappa shape index (κ2) is 4.04. The molecule has 11 heavy (non-hydrogen) atoms. The predicted molar refractivity (Wildman–Crippen MR) is 43.2 cm³/mol. The topological polar surface area (TPSA) is 55.5 Å². The van der Waals surface area contributed by atoms with Gasteiger partial charge in [0.25, 0.3) is 0 Å². The van der Waals surface area contributed by atoms with Crippen molar-refractivity contribution >= 4 is 0 Å². The molecule has 0 aromatic heterocycles. The van der Waals surface area contributed by atoms with Gasteiger partial charge >= 0.3 is 0 Å². The van der Waals surface area contributed by atoms with Crippen LogP contribution in [0.4, 0.5) is 0 Å². The third kappa shape index (κ3) is 2.77. The molecule has 0 saturated carbocycles. The molecule has 0 aromatic carbocycles. The van der Waals surface area contributed by atoms with Crippen LogP contribution in [0, 0.1) is 5.92 Å². The smallest absolute Gasteiger partial charge is 0.0620 e. The molecule has 1 aliphatic heterocycles. The van der Waals surface area contributed by atoms with Crippen molar-refractivity contribution in [1.82, 2.24) is 0 Å². The second-order valence-electron chi connectivity index (χ2n) is 3.37. The van der Waals surface area contributed by atoms with E-state index >= 15 is 0 Å². The van der Waals surface area contributed by atoms with Gasteiger partial charge in [0, 0.05) is 12.6 Å². The van der Waals surface area contributed by atoms with Crippen LogP contribution in [-0.2, 0) is 4.74 Å². The number of hydrogen-bond acceptors (Lipinski definition) is 3. The first-order valence-corrected chi connectivity index (χ1v) is 4.21. The molecule has 3 N–H and O–H groups in total. The molecule has 0 radical (unpaired) electrons. The van der Waals surface area contributed by atoms with Crippen molar-refractivity contribution in [1.29, 1.82) is 0 Å². The summed E-state index contributed by atoms with van der Waals surface area (Å²) in [5.41, 5.74) is 5.79. The van der Waals surface area contributed by atoms with Gasteiger partial charge in [0.05, 0.1) is 12.7 Å². The maximum absolute atomic E-state index is 9.13. The fourth-order valence-electron chi connectivity index (χ4n) is 1.54. The minimum absolute atomic E-state index is 0.123. The Labute approximate surface area is 67.5 Å². The number of aliphatic hydroxyl groups is 1. The summed E-state index contributed by atoms with van der Waals surface area (Å²) in [6.45, 7) is 3.25. The van der Waals surface area contributed by atoms with Crippen LogP contribution in [0.5, 0.6) is 0 Å². The standard InChI is InChI=1S/C8H17NO2/c1-6(10)4-7-2-3-11-5-8(7)9/h6-8,10H,2-5,9H2,1H3. The van der Waals surface area contributed by atoms with Gasteiger partial charge < -0.3 is 15.6 Å². The maximum atomic E-state index is 9.13. The van der Waals surface area contributed by atoms with Gasteiger partial charge in [-0.25, -0.2) is 0 Å². The first-order valence-electron chi connectivity index (χ1n) is 4.21. The lowest BCUT2D eigenvalue weighted by molar-refractivity contribution is 0.0309. The molecular formula is C8H17NO2. The predicted octanol–water partition coefficient (Wildman–Crippen LogP) is 0.121. The Balaban J connectivity index is 2.29. The van der Waals surface area contributed by atoms with E-state index in [9.17, 15) is 0 Å². The van der Waals surface area contributed by atoms with E-state index in [0.717, 1.165) is 19.4 Å². The van der Waals surface area contributed by atoms with Crippen LogP contribution in [0.2, 0.25) is 0 Å². The zero-order chi connectivity index (χ0) is 8.27. The summed E-state index contributed by atoms with van der Waals surface area (Å²) in [4.78, 5) is 0. The molecule has 0 aliphatic carbocycles. The molecule has 3 unspecified atom stereocenters. The van der Waals surface area contributed by atoms with Gasteiger partial charge in [-0.2, -0.15) is 0 Å². The number of hydrogen-bond donors (Lipinski definition) is 2. The van der Waals surface area contributed by atoms with Crippen LogP contribution < -0.4 is 5.73 Å². The molecule has 1 heterocycles. The van der Waals surface area contributed by atoms with Gasteiger partial charge in [0.1, 0.15) is 0 Å². The van der Waals surface area contributed by atoms with E-state index in [1.165, 1.54) is 0 Å². The highest BCUT2D eigenvalue weighted by Crippen LogP contribution is 2.19. The lowest BCUT2D eigenvalue weighted by Crippen LogP contribution is -2.40. The number of nitrogens with two attached hydrogens (primary N) is 1. The van der Waals surface area contributed by atoms with Crippen LogP contribution >= 0.6 is 0 Å². The van der Waals surface area contributed by atoms with Crippen LogP contribution in [0.25, 0.3) is 0 Å². The van der Waals surface area contributed by atoms with E-state index in [2.05, 4.69) is 0 Å². The quantitative estimate of drug-likeness (QED) is 0.601. The molecule has 1 rings (SSSR count). The summed E-state index contributed by atoms with van der Waals surface area (Å²) in [5, 5.41) is 9.13. The van der Waals surface area contributed by atoms with Crippen molar-refractivity contribution in [3.63, 3.8) is 0 Å². The molecule has 0 bridgehead atoms. The minimum Gasteiger partial charge on any atom is -0.393 e. The Morgan fingerprint density at radius 3 is 3.00 bits per heavy atom. The first kappa shape index (κ1) is 8.97. The SMILES string of the molecule is CC(O)CC1CCOCC1N. The van der Waals surface area contributed by atoms with Crippen molar-refractivity contribution in [2.45, 2.75) is 31.9 Å². The number of aliphatic hydroxyl groups excluding tert-OH is 1. The highest BCUT2D eigenvalue weighted by atomic mass is 16.5. The lowest BCUT2D eigenvalue weighted by atomic mass is 9.90. The van der Waals surface area contributed by atoms with E-state index in [4.69, 9.17) is 15.6 Å². The van der Waals surface area contributed by atoms with E-state index in [1.54, 1.807) is 0 Å². The fraction of sp³-hybridized carbons (Fsp3) is 1.00. The summed E-state index contributed by atoms with van der Waals surface area (Å²) in [6.07, 6.45) is 1.57. The van der Waals surface area contributed by atoms with Gasteiger partial charge in [-0.15, -0.1) is 0 Å². The summed E-state index contributed by atoms with van der Waals surface area (Å²) < 4.78 is 5.19. The van der Waals surface area contributed by atoms with Crippen molar-refractivity contribution in [3.8, 4) is 0 Å². The van der Waals surface area contributed by atoms with E-state index in [1.807, 2.05) is 6.92 Å². The largest absolute Gasteiger partial charge is 0.393 e. The Bertz CT molecular complexity index is 117. The molecule has 3 atom stereocenters. The fourth-order valence-corrected chi connectivity index (χ4v) is 1.54. The summed E-state index contributed by atoms with van der Waals surface area (Å²) in [5.74, 6) is 0.448. The van der Waals surface area contributed by atoms with Crippen molar-refractivity contribution in [2.24, 2.45) is 11.7 Å². The highest BCUT2D eigenvalue weighted by molar-refractivity contribution is 4.77. The van der Waals surface area contributed by atoms with Gasteiger partial charge in [-0.3, -0.25) is 0 Å². The van der Waals surface area contributed by atoms with E-state index < -0.39 is 0 Å². The monoisotopic (exact) mass is 159 g/mol. The van der Waals surface area contributed by atoms with Gasteiger partial charge in [0.2, 0.25) is 0 Å². The minimum atomic E-state index is -0.232. The van der Waals surface area contributed by atoms with Crippen LogP contribution in [-0.4, -0.2) is 30.5 Å². The molecule has 1 aliphatic rings. The number of rotatable bonds is 2. The molecule has 3 nitrogen and oxygen atoms in total. The molecule has 0 aromatic rings. The van der Waals surface area contributed by atoms with Gasteiger partial charge in [-0.05, 0) is 25.7 Å². The van der Waals surface area contributed by atoms with Crippen molar-refractivity contribution < 1.29 is 9.84 Å². The third-order valence-electron chi connectivity index (χ3n) is 2.19. The normalized spacial score (nSPS) is 35.2. The zero-order valence-corrected chi connectivity index (χ0v) is 6.99. The Hall–Kier alpha value is -0.120. The average molecular weight is 159 g/mol. The van der Waals surface area contributed by atoms with E-state index in [-0.39, 0.29) is 12.1 Å². The molecule has 3 heteroatoms. The van der Waals surface area contributed by atoms with Gasteiger partial charge in [0.15, 0.2) is 0 Å². The average Bonchev–Trinajstić information content (AvgIpc) is 1.93. The molecule has 1 fully saturated rings. The molecule has 1 saturated heterocycles. The van der Waals surface area contributed by atoms with Crippen LogP contribution in [0.1, 0.15) is 19.8 Å². The second-order valence-corrected chi connectivity index (χ2v) is 3.37. The summed E-state index contributed by atoms with van der Waals surface area (Å²) in [6, 6.07) is 0.123. The van der Waals surface area contributed by atoms with Crippen LogP contribution in [0.3, 0.4) is 0 Å². The molecule has 0 spiro atoms. The highest BCUT2D eigenvalue weighted by Gasteiger charge is 2.23. The molecular weight excluding hydrogens is 142 g/mol. The summed E-state index contributed by atoms with van der Waals surface area (Å²) >= 11 is 0. The number of ether oxygens (including phenoxy) is 1. The van der Waals surface area contributed by atoms with Crippen molar-refractivity contribution in [3.05, 3.63) is 0 Å². The summed E-state index contributed by atoms with van der Waals surface area (Å²) in [7, 11) is 0. The van der Waals surface area contributed by atoms with E-state index in [0.29, 0.717) is 12.5 Å². The Kier molecular flexibility index (Phi) is 3.30. The van der Waals surface area contributed by atoms with Gasteiger partial charge in [-0.1, -0.05) is 0 Å². The first-order chi connectivity index (χ1) is 5.20. The van der Waals surface area contributed by atoms with Crippen molar-refractivity contribution in [2.75, 3.05) is 13.2 Å². The Morgan fingerprint density at radius 1 is 1.73 bits per heavy atom. The zero-order valence-electron chi connectivity index (χ0n) is 6.99. The van der Waals surface area contributed by atoms with Crippen LogP contribution in [0.15, 0.2) is 0 Å². The lowest BCUT2D eigenvalue weighted by Gasteiger charge is -2.29.